The van der Waals surface area contributed by atoms with Crippen LogP contribution in [0.1, 0.15) is 24.1 Å². The Morgan fingerprint density at radius 2 is 1.75 bits per heavy atom. The zero-order chi connectivity index (χ0) is 17.0. The molecule has 4 heteroatoms. The van der Waals surface area contributed by atoms with Crippen LogP contribution in [0.5, 0.6) is 5.75 Å². The highest BCUT2D eigenvalue weighted by Gasteiger charge is 2.16. The van der Waals surface area contributed by atoms with Crippen LogP contribution < -0.4 is 10.1 Å². The van der Waals surface area contributed by atoms with E-state index >= 15 is 0 Å². The molecule has 0 amide bonds. The lowest BCUT2D eigenvalue weighted by molar-refractivity contribution is 0.109. The number of hydrogen-bond donors (Lipinski definition) is 2. The van der Waals surface area contributed by atoms with Crippen LogP contribution in [0.25, 0.3) is 0 Å². The minimum atomic E-state index is 0.0860. The zero-order valence-corrected chi connectivity index (χ0v) is 14.3. The summed E-state index contributed by atoms with van der Waals surface area (Å²) in [6, 6.07) is 18.5. The number of hydrogen-bond acceptors (Lipinski definition) is 4. The van der Waals surface area contributed by atoms with E-state index in [0.717, 1.165) is 17.7 Å². The van der Waals surface area contributed by atoms with Crippen molar-refractivity contribution >= 4 is 0 Å². The van der Waals surface area contributed by atoms with E-state index in [-0.39, 0.29) is 12.6 Å². The fourth-order valence-corrected chi connectivity index (χ4v) is 2.64. The van der Waals surface area contributed by atoms with Gasteiger partial charge >= 0.3 is 0 Å². The predicted molar refractivity (Wildman–Crippen MR) is 96.4 cm³/mol. The largest absolute Gasteiger partial charge is 0.491 e. The summed E-state index contributed by atoms with van der Waals surface area (Å²) in [6.45, 7) is 4.44. The minimum absolute atomic E-state index is 0.0860. The molecule has 24 heavy (non-hydrogen) atoms. The Hall–Kier alpha value is -1.88. The Labute approximate surface area is 144 Å². The van der Waals surface area contributed by atoms with Crippen LogP contribution in [-0.2, 0) is 11.2 Å². The molecule has 0 bridgehead atoms. The Kier molecular flexibility index (Phi) is 8.32. The molecular formula is C20H27NO3. The molecule has 0 aliphatic rings. The first-order chi connectivity index (χ1) is 11.8. The molecule has 4 nitrogen and oxygen atoms in total. The molecule has 0 fully saturated rings. The van der Waals surface area contributed by atoms with E-state index in [1.165, 1.54) is 5.56 Å². The van der Waals surface area contributed by atoms with Gasteiger partial charge in [0, 0.05) is 24.8 Å². The third-order valence-corrected chi connectivity index (χ3v) is 3.77. The Balaban J connectivity index is 2.12. The molecule has 0 saturated carbocycles. The van der Waals surface area contributed by atoms with Crippen molar-refractivity contribution < 1.29 is 14.6 Å². The minimum Gasteiger partial charge on any atom is -0.491 e. The summed E-state index contributed by atoms with van der Waals surface area (Å²) >= 11 is 0. The normalized spacial score (nSPS) is 12.1. The Morgan fingerprint density at radius 1 is 1.00 bits per heavy atom. The van der Waals surface area contributed by atoms with Crippen LogP contribution in [0.15, 0.2) is 54.6 Å². The van der Waals surface area contributed by atoms with E-state index < -0.39 is 0 Å². The van der Waals surface area contributed by atoms with E-state index in [1.807, 2.05) is 43.3 Å². The van der Waals surface area contributed by atoms with Crippen LogP contribution in [0.4, 0.5) is 0 Å². The molecule has 0 aliphatic heterocycles. The van der Waals surface area contributed by atoms with E-state index in [2.05, 4.69) is 23.5 Å². The monoisotopic (exact) mass is 329 g/mol. The SMILES string of the molecule is CCOCCOc1ccccc1[C@H](Cc1ccccc1)NCCO. The van der Waals surface area contributed by atoms with Gasteiger partial charge in [0.05, 0.1) is 13.2 Å². The second kappa shape index (κ2) is 10.8. The lowest BCUT2D eigenvalue weighted by Gasteiger charge is -2.22. The fourth-order valence-electron chi connectivity index (χ4n) is 2.64. The van der Waals surface area contributed by atoms with E-state index in [1.54, 1.807) is 0 Å². The van der Waals surface area contributed by atoms with Gasteiger partial charge in [-0.2, -0.15) is 0 Å². The van der Waals surface area contributed by atoms with Gasteiger partial charge in [-0.15, -0.1) is 0 Å². The van der Waals surface area contributed by atoms with Crippen molar-refractivity contribution in [2.24, 2.45) is 0 Å². The van der Waals surface area contributed by atoms with E-state index in [0.29, 0.717) is 26.4 Å². The molecule has 0 saturated heterocycles. The predicted octanol–water partition coefficient (Wildman–Crippen LogP) is 2.97. The van der Waals surface area contributed by atoms with Crippen molar-refractivity contribution in [1.29, 1.82) is 0 Å². The highest BCUT2D eigenvalue weighted by atomic mass is 16.5. The maximum atomic E-state index is 9.19. The van der Waals surface area contributed by atoms with Gasteiger partial charge in [0.25, 0.3) is 0 Å². The summed E-state index contributed by atoms with van der Waals surface area (Å²) in [5, 5.41) is 12.6. The number of ether oxygens (including phenoxy) is 2. The second-order valence-electron chi connectivity index (χ2n) is 5.50. The highest BCUT2D eigenvalue weighted by Crippen LogP contribution is 2.27. The van der Waals surface area contributed by atoms with Crippen molar-refractivity contribution in [2.45, 2.75) is 19.4 Å². The summed E-state index contributed by atoms with van der Waals surface area (Å²) in [6.07, 6.45) is 0.840. The Bertz CT molecular complexity index is 574. The smallest absolute Gasteiger partial charge is 0.124 e. The molecule has 2 aromatic carbocycles. The fraction of sp³-hybridized carbons (Fsp3) is 0.400. The van der Waals surface area contributed by atoms with Crippen molar-refractivity contribution in [3.05, 3.63) is 65.7 Å². The summed E-state index contributed by atoms with van der Waals surface area (Å²) in [4.78, 5) is 0. The van der Waals surface area contributed by atoms with Crippen LogP contribution >= 0.6 is 0 Å². The topological polar surface area (TPSA) is 50.7 Å². The molecule has 0 aliphatic carbocycles. The van der Waals surface area contributed by atoms with Gasteiger partial charge < -0.3 is 19.9 Å². The molecule has 1 atom stereocenters. The molecule has 0 heterocycles. The third kappa shape index (κ3) is 5.96. The van der Waals surface area contributed by atoms with Gasteiger partial charge in [0.1, 0.15) is 12.4 Å². The quantitative estimate of drug-likeness (QED) is 0.622. The van der Waals surface area contributed by atoms with Crippen LogP contribution in [0.3, 0.4) is 0 Å². The van der Waals surface area contributed by atoms with Crippen LogP contribution in [0, 0.1) is 0 Å². The molecule has 2 rings (SSSR count). The summed E-state index contributed by atoms with van der Waals surface area (Å²) in [5.74, 6) is 0.864. The molecule has 0 radical (unpaired) electrons. The lowest BCUT2D eigenvalue weighted by Crippen LogP contribution is -2.27. The molecule has 2 aromatic rings. The summed E-state index contributed by atoms with van der Waals surface area (Å²) < 4.78 is 11.3. The first-order valence-corrected chi connectivity index (χ1v) is 8.52. The maximum Gasteiger partial charge on any atom is 0.124 e. The molecule has 2 N–H and O–H groups in total. The maximum absolute atomic E-state index is 9.19. The first-order valence-electron chi connectivity index (χ1n) is 8.52. The van der Waals surface area contributed by atoms with E-state index in [4.69, 9.17) is 9.47 Å². The third-order valence-electron chi connectivity index (χ3n) is 3.77. The number of aliphatic hydroxyl groups excluding tert-OH is 1. The number of aliphatic hydroxyl groups is 1. The van der Waals surface area contributed by atoms with Gasteiger partial charge in [0.15, 0.2) is 0 Å². The van der Waals surface area contributed by atoms with Gasteiger partial charge in [-0.25, -0.2) is 0 Å². The van der Waals surface area contributed by atoms with Crippen molar-refractivity contribution in [2.75, 3.05) is 33.0 Å². The van der Waals surface area contributed by atoms with Gasteiger partial charge in [-0.05, 0) is 25.0 Å². The van der Waals surface area contributed by atoms with E-state index in [9.17, 15) is 5.11 Å². The number of rotatable bonds is 11. The first kappa shape index (κ1) is 18.5. The summed E-state index contributed by atoms with van der Waals surface area (Å²) in [5.41, 5.74) is 2.35. The number of para-hydroxylation sites is 1. The molecule has 130 valence electrons. The molecule has 0 aromatic heterocycles. The standard InChI is InChI=1S/C20H27NO3/c1-2-23-14-15-24-20-11-7-6-10-18(20)19(21-12-13-22)16-17-8-4-3-5-9-17/h3-11,19,21-22H,2,12-16H2,1H3/t19-/m0/s1. The average Bonchev–Trinajstić information content (AvgIpc) is 2.63. The van der Waals surface area contributed by atoms with Gasteiger partial charge in [0.2, 0.25) is 0 Å². The van der Waals surface area contributed by atoms with Gasteiger partial charge in [-0.3, -0.25) is 0 Å². The van der Waals surface area contributed by atoms with Crippen molar-refractivity contribution in [3.8, 4) is 5.75 Å². The number of benzene rings is 2. The molecular weight excluding hydrogens is 302 g/mol. The van der Waals surface area contributed by atoms with Crippen molar-refractivity contribution in [1.82, 2.24) is 5.32 Å². The van der Waals surface area contributed by atoms with Crippen LogP contribution in [-0.4, -0.2) is 38.1 Å². The molecule has 0 unspecified atom stereocenters. The zero-order valence-electron chi connectivity index (χ0n) is 14.3. The lowest BCUT2D eigenvalue weighted by atomic mass is 9.98. The number of nitrogens with one attached hydrogen (secondary N) is 1. The second-order valence-corrected chi connectivity index (χ2v) is 5.50. The van der Waals surface area contributed by atoms with Crippen LogP contribution in [0.2, 0.25) is 0 Å². The Morgan fingerprint density at radius 3 is 2.50 bits per heavy atom. The average molecular weight is 329 g/mol. The molecule has 0 spiro atoms. The summed E-state index contributed by atoms with van der Waals surface area (Å²) in [7, 11) is 0. The van der Waals surface area contributed by atoms with Crippen molar-refractivity contribution in [3.63, 3.8) is 0 Å². The van der Waals surface area contributed by atoms with Gasteiger partial charge in [-0.1, -0.05) is 48.5 Å². The highest BCUT2D eigenvalue weighted by molar-refractivity contribution is 5.37.